The van der Waals surface area contributed by atoms with E-state index in [0.717, 1.165) is 17.1 Å². The molecule has 0 radical (unpaired) electrons. The molecule has 1 aliphatic heterocycles. The van der Waals surface area contributed by atoms with E-state index in [1.54, 1.807) is 0 Å². The molecule has 0 saturated heterocycles. The Bertz CT molecular complexity index is 2210. The van der Waals surface area contributed by atoms with E-state index in [2.05, 4.69) is 216 Å². The minimum absolute atomic E-state index is 0.283. The smallest absolute Gasteiger partial charge is 0.0629 e. The highest BCUT2D eigenvalue weighted by molar-refractivity contribution is 5.83. The van der Waals surface area contributed by atoms with E-state index in [1.165, 1.54) is 50.3 Å². The second-order valence-corrected chi connectivity index (χ2v) is 13.0. The lowest BCUT2D eigenvalue weighted by Crippen LogP contribution is -2.28. The number of allylic oxidation sites excluding steroid dienone is 2. The monoisotopic (exact) mass is 640 g/mol. The Morgan fingerprint density at radius 1 is 0.380 bits per heavy atom. The number of hydrogen-bond donors (Lipinski definition) is 0. The van der Waals surface area contributed by atoms with E-state index in [1.807, 2.05) is 0 Å². The van der Waals surface area contributed by atoms with Gasteiger partial charge in [0.25, 0.3) is 0 Å². The van der Waals surface area contributed by atoms with Crippen LogP contribution in [0.3, 0.4) is 0 Å². The number of anilines is 5. The fraction of sp³-hybridized carbons (Fsp3) is 0.0417. The van der Waals surface area contributed by atoms with Crippen molar-refractivity contribution in [1.29, 1.82) is 0 Å². The molecule has 7 aromatic rings. The quantitative estimate of drug-likeness (QED) is 0.171. The summed E-state index contributed by atoms with van der Waals surface area (Å²) in [6.07, 6.45) is 9.04. The predicted molar refractivity (Wildman–Crippen MR) is 211 cm³/mol. The summed E-state index contributed by atoms with van der Waals surface area (Å²) < 4.78 is 0. The van der Waals surface area contributed by atoms with Crippen molar-refractivity contribution in [1.82, 2.24) is 0 Å². The van der Waals surface area contributed by atoms with Gasteiger partial charge in [0, 0.05) is 34.4 Å². The Morgan fingerprint density at radius 3 is 1.32 bits per heavy atom. The van der Waals surface area contributed by atoms with Crippen molar-refractivity contribution in [2.45, 2.75) is 12.0 Å². The molecular weight excluding hydrogens is 605 g/mol. The first-order valence-electron chi connectivity index (χ1n) is 17.3. The van der Waals surface area contributed by atoms with Crippen molar-refractivity contribution < 1.29 is 0 Å². The van der Waals surface area contributed by atoms with Gasteiger partial charge in [0.15, 0.2) is 0 Å². The van der Waals surface area contributed by atoms with Gasteiger partial charge in [0.05, 0.1) is 6.04 Å². The molecule has 2 heteroatoms. The summed E-state index contributed by atoms with van der Waals surface area (Å²) in [5, 5.41) is 0. The molecular formula is C48H36N2. The Hall–Kier alpha value is -6.38. The number of para-hydroxylation sites is 1. The molecule has 2 unspecified atom stereocenters. The van der Waals surface area contributed by atoms with Crippen LogP contribution >= 0.6 is 0 Å². The summed E-state index contributed by atoms with van der Waals surface area (Å²) in [6.45, 7) is 0. The molecule has 0 fully saturated rings. The van der Waals surface area contributed by atoms with Gasteiger partial charge in [-0.05, 0) is 93.5 Å². The van der Waals surface area contributed by atoms with Crippen LogP contribution in [0.4, 0.5) is 28.4 Å². The Labute approximate surface area is 294 Å². The SMILES string of the molecule is C1=CC2c3ccc(-c4ccc(N(c5ccc(-c6ccccc6)cc5)c5ccc(-c6ccccc6)cc5)cc4)cc3N(c3ccccc3)C2C=C1. The molecule has 7 aromatic carbocycles. The fourth-order valence-electron chi connectivity index (χ4n) is 7.52. The molecule has 0 N–H and O–H groups in total. The molecule has 0 bridgehead atoms. The maximum Gasteiger partial charge on any atom is 0.0629 e. The molecule has 50 heavy (non-hydrogen) atoms. The van der Waals surface area contributed by atoms with Gasteiger partial charge in [-0.3, -0.25) is 0 Å². The number of nitrogens with zero attached hydrogens (tertiary/aromatic N) is 2. The zero-order valence-electron chi connectivity index (χ0n) is 27.7. The van der Waals surface area contributed by atoms with E-state index in [-0.39, 0.29) is 6.04 Å². The third kappa shape index (κ3) is 5.51. The summed E-state index contributed by atoms with van der Waals surface area (Å²) in [4.78, 5) is 4.84. The minimum Gasteiger partial charge on any atom is -0.333 e. The van der Waals surface area contributed by atoms with Crippen LogP contribution in [0.5, 0.6) is 0 Å². The second kappa shape index (κ2) is 12.9. The van der Waals surface area contributed by atoms with E-state index in [0.29, 0.717) is 5.92 Å². The Kier molecular flexibility index (Phi) is 7.68. The largest absolute Gasteiger partial charge is 0.333 e. The molecule has 0 amide bonds. The predicted octanol–water partition coefficient (Wildman–Crippen LogP) is 12.9. The topological polar surface area (TPSA) is 6.48 Å². The highest BCUT2D eigenvalue weighted by Crippen LogP contribution is 2.49. The molecule has 0 aromatic heterocycles. The van der Waals surface area contributed by atoms with Crippen LogP contribution in [-0.2, 0) is 0 Å². The van der Waals surface area contributed by atoms with Crippen LogP contribution in [-0.4, -0.2) is 6.04 Å². The molecule has 2 atom stereocenters. The summed E-state index contributed by atoms with van der Waals surface area (Å²) in [6, 6.07) is 66.0. The molecule has 0 saturated carbocycles. The van der Waals surface area contributed by atoms with Gasteiger partial charge in [0.1, 0.15) is 0 Å². The maximum absolute atomic E-state index is 2.50. The number of benzene rings is 7. The van der Waals surface area contributed by atoms with Crippen molar-refractivity contribution in [3.63, 3.8) is 0 Å². The van der Waals surface area contributed by atoms with Crippen LogP contribution in [0.2, 0.25) is 0 Å². The van der Waals surface area contributed by atoms with Gasteiger partial charge in [-0.15, -0.1) is 0 Å². The average Bonchev–Trinajstić information content (AvgIpc) is 3.53. The third-order valence-electron chi connectivity index (χ3n) is 10.0. The zero-order valence-corrected chi connectivity index (χ0v) is 27.7. The first kappa shape index (κ1) is 29.7. The van der Waals surface area contributed by atoms with E-state index in [9.17, 15) is 0 Å². The number of rotatable bonds is 7. The molecule has 1 aliphatic carbocycles. The average molecular weight is 641 g/mol. The molecule has 2 nitrogen and oxygen atoms in total. The molecule has 0 spiro atoms. The van der Waals surface area contributed by atoms with Crippen molar-refractivity contribution in [2.75, 3.05) is 9.80 Å². The van der Waals surface area contributed by atoms with Crippen molar-refractivity contribution >= 4 is 28.4 Å². The summed E-state index contributed by atoms with van der Waals surface area (Å²) in [5.74, 6) is 0.349. The van der Waals surface area contributed by atoms with Crippen molar-refractivity contribution in [2.24, 2.45) is 0 Å². The normalized spacial score (nSPS) is 15.8. The Morgan fingerprint density at radius 2 is 0.800 bits per heavy atom. The third-order valence-corrected chi connectivity index (χ3v) is 10.0. The van der Waals surface area contributed by atoms with Crippen LogP contribution in [0.1, 0.15) is 11.5 Å². The summed E-state index contributed by atoms with van der Waals surface area (Å²) in [7, 11) is 0. The van der Waals surface area contributed by atoms with Crippen molar-refractivity contribution in [3.8, 4) is 33.4 Å². The summed E-state index contributed by atoms with van der Waals surface area (Å²) >= 11 is 0. The lowest BCUT2D eigenvalue weighted by atomic mass is 9.90. The number of hydrogen-bond acceptors (Lipinski definition) is 2. The van der Waals surface area contributed by atoms with Gasteiger partial charge in [-0.2, -0.15) is 0 Å². The molecule has 1 heterocycles. The van der Waals surface area contributed by atoms with E-state index in [4.69, 9.17) is 0 Å². The van der Waals surface area contributed by atoms with E-state index >= 15 is 0 Å². The second-order valence-electron chi connectivity index (χ2n) is 13.0. The lowest BCUT2D eigenvalue weighted by molar-refractivity contribution is 0.745. The zero-order chi connectivity index (χ0) is 33.3. The van der Waals surface area contributed by atoms with Crippen LogP contribution in [0.25, 0.3) is 33.4 Å². The molecule has 238 valence electrons. The van der Waals surface area contributed by atoms with Crippen LogP contribution < -0.4 is 9.80 Å². The van der Waals surface area contributed by atoms with Gasteiger partial charge in [0.2, 0.25) is 0 Å². The highest BCUT2D eigenvalue weighted by atomic mass is 15.2. The minimum atomic E-state index is 0.283. The first-order chi connectivity index (χ1) is 24.8. The van der Waals surface area contributed by atoms with Crippen LogP contribution in [0, 0.1) is 0 Å². The summed E-state index contributed by atoms with van der Waals surface area (Å²) in [5.41, 5.74) is 14.5. The molecule has 9 rings (SSSR count). The van der Waals surface area contributed by atoms with Gasteiger partial charge < -0.3 is 9.80 Å². The standard InChI is InChI=1S/C48H36N2/c1-4-12-35(13-5-1)37-20-27-42(28-21-37)49(43-29-22-38(23-30-43)36-14-6-2-7-15-36)44-31-24-39(25-32-44)40-26-33-46-45-18-10-11-19-47(45)50(48(46)34-40)41-16-8-3-9-17-41/h1-34,45,47H. The fourth-order valence-corrected chi connectivity index (χ4v) is 7.52. The van der Waals surface area contributed by atoms with Gasteiger partial charge in [-0.1, -0.05) is 152 Å². The maximum atomic E-state index is 2.50. The highest BCUT2D eigenvalue weighted by Gasteiger charge is 2.37. The van der Waals surface area contributed by atoms with Crippen LogP contribution in [0.15, 0.2) is 206 Å². The Balaban J connectivity index is 1.08. The molecule has 2 aliphatic rings. The first-order valence-corrected chi connectivity index (χ1v) is 17.3. The van der Waals surface area contributed by atoms with Gasteiger partial charge >= 0.3 is 0 Å². The number of fused-ring (bicyclic) bond motifs is 3. The van der Waals surface area contributed by atoms with Crippen molar-refractivity contribution in [3.05, 3.63) is 212 Å². The lowest BCUT2D eigenvalue weighted by Gasteiger charge is -2.28. The van der Waals surface area contributed by atoms with E-state index < -0.39 is 0 Å². The van der Waals surface area contributed by atoms with Gasteiger partial charge in [-0.25, -0.2) is 0 Å².